The molecule has 2 aromatic carbocycles. The van der Waals surface area contributed by atoms with Gasteiger partial charge >= 0.3 is 0 Å². The SMILES string of the molecule is CCCn1c(=O)c2ccc(C(=O)NCC(C)C)cc2n2c(SCc3ccccc3Cl)nnc12. The molecule has 0 atom stereocenters. The van der Waals surface area contributed by atoms with Crippen molar-refractivity contribution in [3.05, 3.63) is 69.0 Å². The van der Waals surface area contributed by atoms with Gasteiger partial charge in [0.2, 0.25) is 5.78 Å². The Bertz CT molecular complexity index is 1380. The maximum atomic E-state index is 13.2. The summed E-state index contributed by atoms with van der Waals surface area (Å²) < 4.78 is 3.51. The quantitative estimate of drug-likeness (QED) is 0.364. The molecule has 4 aromatic rings. The summed E-state index contributed by atoms with van der Waals surface area (Å²) in [6, 6.07) is 12.8. The van der Waals surface area contributed by atoms with Gasteiger partial charge in [0, 0.05) is 29.4 Å². The van der Waals surface area contributed by atoms with E-state index in [9.17, 15) is 9.59 Å². The zero-order chi connectivity index (χ0) is 23.5. The fraction of sp³-hybridized carbons (Fsp3) is 0.333. The minimum atomic E-state index is -0.171. The molecule has 33 heavy (non-hydrogen) atoms. The van der Waals surface area contributed by atoms with Crippen LogP contribution in [0.5, 0.6) is 0 Å². The van der Waals surface area contributed by atoms with E-state index >= 15 is 0 Å². The minimum Gasteiger partial charge on any atom is -0.352 e. The van der Waals surface area contributed by atoms with Gasteiger partial charge in [0.25, 0.3) is 11.5 Å². The Morgan fingerprint density at radius 2 is 1.97 bits per heavy atom. The largest absolute Gasteiger partial charge is 0.352 e. The van der Waals surface area contributed by atoms with Gasteiger partial charge in [0.1, 0.15) is 0 Å². The number of carbonyl (C=O) groups excluding carboxylic acids is 1. The van der Waals surface area contributed by atoms with Crippen molar-refractivity contribution in [1.82, 2.24) is 24.5 Å². The maximum Gasteiger partial charge on any atom is 0.262 e. The molecule has 9 heteroatoms. The van der Waals surface area contributed by atoms with Crippen LogP contribution in [0.3, 0.4) is 0 Å². The summed E-state index contributed by atoms with van der Waals surface area (Å²) in [7, 11) is 0. The van der Waals surface area contributed by atoms with Crippen LogP contribution in [0.1, 0.15) is 43.1 Å². The molecule has 4 rings (SSSR count). The highest BCUT2D eigenvalue weighted by Gasteiger charge is 2.18. The van der Waals surface area contributed by atoms with E-state index < -0.39 is 0 Å². The molecule has 0 saturated heterocycles. The number of carbonyl (C=O) groups is 1. The Morgan fingerprint density at radius 3 is 2.70 bits per heavy atom. The lowest BCUT2D eigenvalue weighted by Crippen LogP contribution is -2.28. The number of halogens is 1. The summed E-state index contributed by atoms with van der Waals surface area (Å²) in [5.74, 6) is 1.24. The van der Waals surface area contributed by atoms with Crippen LogP contribution in [-0.2, 0) is 12.3 Å². The van der Waals surface area contributed by atoms with Crippen molar-refractivity contribution in [3.8, 4) is 0 Å². The highest BCUT2D eigenvalue weighted by Crippen LogP contribution is 2.28. The first-order valence-electron chi connectivity index (χ1n) is 11.0. The van der Waals surface area contributed by atoms with E-state index in [0.717, 1.165) is 12.0 Å². The number of fused-ring (bicyclic) bond motifs is 3. The lowest BCUT2D eigenvalue weighted by atomic mass is 10.1. The lowest BCUT2D eigenvalue weighted by molar-refractivity contribution is 0.0949. The van der Waals surface area contributed by atoms with Crippen molar-refractivity contribution < 1.29 is 4.79 Å². The van der Waals surface area contributed by atoms with Gasteiger partial charge in [0.15, 0.2) is 5.16 Å². The first-order chi connectivity index (χ1) is 15.9. The van der Waals surface area contributed by atoms with Crippen LogP contribution in [0.4, 0.5) is 0 Å². The summed E-state index contributed by atoms with van der Waals surface area (Å²) in [5.41, 5.74) is 1.96. The molecule has 2 heterocycles. The van der Waals surface area contributed by atoms with Crippen molar-refractivity contribution in [3.63, 3.8) is 0 Å². The molecule has 0 aliphatic carbocycles. The molecule has 2 aromatic heterocycles. The van der Waals surface area contributed by atoms with Crippen LogP contribution in [-0.4, -0.2) is 31.6 Å². The number of nitrogens with one attached hydrogen (secondary N) is 1. The lowest BCUT2D eigenvalue weighted by Gasteiger charge is -2.12. The number of amides is 1. The van der Waals surface area contributed by atoms with E-state index in [4.69, 9.17) is 11.6 Å². The first-order valence-corrected chi connectivity index (χ1v) is 12.3. The van der Waals surface area contributed by atoms with Crippen molar-refractivity contribution in [1.29, 1.82) is 0 Å². The molecule has 0 unspecified atom stereocenters. The average Bonchev–Trinajstić information content (AvgIpc) is 3.23. The average molecular weight is 484 g/mol. The van der Waals surface area contributed by atoms with Crippen molar-refractivity contribution in [2.45, 2.75) is 44.6 Å². The number of nitrogens with zero attached hydrogens (tertiary/aromatic N) is 4. The van der Waals surface area contributed by atoms with E-state index in [1.54, 1.807) is 22.8 Å². The number of hydrogen-bond donors (Lipinski definition) is 1. The molecule has 0 saturated carbocycles. The fourth-order valence-corrected chi connectivity index (χ4v) is 4.82. The number of hydrogen-bond acceptors (Lipinski definition) is 5. The smallest absolute Gasteiger partial charge is 0.262 e. The molecule has 0 aliphatic heterocycles. The Morgan fingerprint density at radius 1 is 1.18 bits per heavy atom. The summed E-state index contributed by atoms with van der Waals surface area (Å²) in [6.07, 6.45) is 0.783. The Labute approximate surface area is 201 Å². The van der Waals surface area contributed by atoms with Gasteiger partial charge in [-0.2, -0.15) is 0 Å². The molecule has 172 valence electrons. The zero-order valence-electron chi connectivity index (χ0n) is 18.8. The third kappa shape index (κ3) is 4.77. The summed E-state index contributed by atoms with van der Waals surface area (Å²) in [5, 5.41) is 13.5. The molecule has 0 aliphatic rings. The van der Waals surface area contributed by atoms with E-state index in [2.05, 4.69) is 15.5 Å². The molecule has 0 fully saturated rings. The second kappa shape index (κ2) is 9.97. The van der Waals surface area contributed by atoms with Crippen LogP contribution < -0.4 is 10.9 Å². The number of benzene rings is 2. The Balaban J connectivity index is 1.84. The molecule has 0 radical (unpaired) electrons. The van der Waals surface area contributed by atoms with E-state index in [1.807, 2.05) is 49.4 Å². The summed E-state index contributed by atoms with van der Waals surface area (Å²) >= 11 is 7.82. The maximum absolute atomic E-state index is 13.2. The van der Waals surface area contributed by atoms with E-state index in [0.29, 0.717) is 57.2 Å². The molecular formula is C24H26ClN5O2S. The normalized spacial score (nSPS) is 11.5. The minimum absolute atomic E-state index is 0.136. The van der Waals surface area contributed by atoms with Gasteiger partial charge in [-0.3, -0.25) is 18.6 Å². The molecular weight excluding hydrogens is 458 g/mol. The third-order valence-corrected chi connectivity index (χ3v) is 6.61. The van der Waals surface area contributed by atoms with Gasteiger partial charge in [0.05, 0.1) is 10.9 Å². The van der Waals surface area contributed by atoms with Gasteiger partial charge in [-0.25, -0.2) is 0 Å². The van der Waals surface area contributed by atoms with Crippen LogP contribution in [0.25, 0.3) is 16.7 Å². The molecule has 0 spiro atoms. The predicted octanol–water partition coefficient (Wildman–Crippen LogP) is 4.79. The second-order valence-corrected chi connectivity index (χ2v) is 9.64. The van der Waals surface area contributed by atoms with Crippen molar-refractivity contribution in [2.24, 2.45) is 5.92 Å². The molecule has 7 nitrogen and oxygen atoms in total. The first kappa shape index (κ1) is 23.3. The van der Waals surface area contributed by atoms with Crippen LogP contribution in [0.2, 0.25) is 5.02 Å². The molecule has 0 bridgehead atoms. The van der Waals surface area contributed by atoms with Crippen LogP contribution >= 0.6 is 23.4 Å². The topological polar surface area (TPSA) is 81.3 Å². The van der Waals surface area contributed by atoms with Gasteiger partial charge in [-0.1, -0.05) is 62.3 Å². The highest BCUT2D eigenvalue weighted by atomic mass is 35.5. The standard InChI is InChI=1S/C24H26ClN5O2S/c1-4-11-29-22(32)18-10-9-16(21(31)26-13-15(2)3)12-20(18)30-23(29)27-28-24(30)33-14-17-7-5-6-8-19(17)25/h5-10,12,15H,4,11,13-14H2,1-3H3,(H,26,31). The van der Waals surface area contributed by atoms with E-state index in [-0.39, 0.29) is 11.5 Å². The third-order valence-electron chi connectivity index (χ3n) is 5.27. The van der Waals surface area contributed by atoms with Crippen LogP contribution in [0.15, 0.2) is 52.4 Å². The monoisotopic (exact) mass is 483 g/mol. The van der Waals surface area contributed by atoms with Gasteiger partial charge in [-0.05, 0) is 42.2 Å². The highest BCUT2D eigenvalue weighted by molar-refractivity contribution is 7.98. The number of aromatic nitrogens is 4. The number of aryl methyl sites for hydroxylation is 1. The summed E-state index contributed by atoms with van der Waals surface area (Å²) in [4.78, 5) is 25.9. The molecule has 1 N–H and O–H groups in total. The molecule has 1 amide bonds. The van der Waals surface area contributed by atoms with Gasteiger partial charge in [-0.15, -0.1) is 10.2 Å². The van der Waals surface area contributed by atoms with Crippen LogP contribution in [0, 0.1) is 5.92 Å². The Kier molecular flexibility index (Phi) is 7.05. The fourth-order valence-electron chi connectivity index (χ4n) is 3.60. The number of thioether (sulfide) groups is 1. The van der Waals surface area contributed by atoms with E-state index in [1.165, 1.54) is 11.8 Å². The van der Waals surface area contributed by atoms with Crippen molar-refractivity contribution >= 4 is 46.0 Å². The Hall–Kier alpha value is -2.84. The predicted molar refractivity (Wildman–Crippen MR) is 133 cm³/mol. The van der Waals surface area contributed by atoms with Gasteiger partial charge < -0.3 is 5.32 Å². The summed E-state index contributed by atoms with van der Waals surface area (Å²) in [6.45, 7) is 7.21. The van der Waals surface area contributed by atoms with Crippen molar-refractivity contribution in [2.75, 3.05) is 6.54 Å². The second-order valence-electron chi connectivity index (χ2n) is 8.29. The number of rotatable bonds is 8. The zero-order valence-corrected chi connectivity index (χ0v) is 20.4.